The molecular weight excluding hydrogens is 555 g/mol. The molecule has 2 aliphatic heterocycles. The molecule has 3 atom stereocenters. The molecule has 194 valence electrons. The molecule has 0 radical (unpaired) electrons. The summed E-state index contributed by atoms with van der Waals surface area (Å²) in [4.78, 5) is 20.0. The molecule has 0 bridgehead atoms. The number of carboxylic acid groups (broad SMARTS) is 1. The van der Waals surface area contributed by atoms with Gasteiger partial charge in [0.25, 0.3) is 0 Å². The molecule has 2 N–H and O–H groups in total. The first kappa shape index (κ1) is 25.5. The van der Waals surface area contributed by atoms with E-state index in [1.165, 1.54) is 4.90 Å². The molecule has 0 aliphatic carbocycles. The van der Waals surface area contributed by atoms with E-state index in [-0.39, 0.29) is 39.7 Å². The van der Waals surface area contributed by atoms with Gasteiger partial charge in [-0.3, -0.25) is 0 Å². The van der Waals surface area contributed by atoms with Gasteiger partial charge < -0.3 is 29.3 Å². The van der Waals surface area contributed by atoms with E-state index in [1.807, 2.05) is 12.3 Å². The number of hydrogen-bond acceptors (Lipinski definition) is 5. The van der Waals surface area contributed by atoms with Crippen molar-refractivity contribution in [1.29, 1.82) is 0 Å². The van der Waals surface area contributed by atoms with Crippen LogP contribution in [0, 0.1) is 5.82 Å². The third-order valence-corrected chi connectivity index (χ3v) is 8.93. The van der Waals surface area contributed by atoms with Crippen molar-refractivity contribution >= 4 is 55.4 Å². The van der Waals surface area contributed by atoms with Crippen molar-refractivity contribution in [1.82, 2.24) is 19.4 Å². The number of amides is 1. The van der Waals surface area contributed by atoms with Crippen LogP contribution in [0.25, 0.3) is 21.8 Å². The molecule has 36 heavy (non-hydrogen) atoms. The number of pyridine rings is 1. The average molecular weight is 584 g/mol. The summed E-state index contributed by atoms with van der Waals surface area (Å²) >= 11 is 9.59. The number of likely N-dealkylation sites (N-methyl/N-ethyl adjacent to an activating group) is 1. The fourth-order valence-electron chi connectivity index (χ4n) is 5.68. The van der Waals surface area contributed by atoms with Gasteiger partial charge in [0, 0.05) is 42.9 Å². The lowest BCUT2D eigenvalue weighted by Crippen LogP contribution is -2.46. The van der Waals surface area contributed by atoms with E-state index in [1.54, 1.807) is 6.07 Å². The molecule has 2 saturated heterocycles. The zero-order valence-electron chi connectivity index (χ0n) is 20.0. The Hall–Kier alpha value is -2.14. The van der Waals surface area contributed by atoms with Crippen molar-refractivity contribution in [3.8, 4) is 5.88 Å². The van der Waals surface area contributed by atoms with Crippen molar-refractivity contribution in [2.24, 2.45) is 0 Å². The van der Waals surface area contributed by atoms with E-state index in [2.05, 4.69) is 37.4 Å². The zero-order valence-corrected chi connectivity index (χ0v) is 22.3. The monoisotopic (exact) mass is 582 g/mol. The fraction of sp³-hybridized carbons (Fsp3) is 0.520. The van der Waals surface area contributed by atoms with E-state index >= 15 is 4.39 Å². The van der Waals surface area contributed by atoms with Crippen molar-refractivity contribution in [3.63, 3.8) is 0 Å². The molecule has 4 heterocycles. The number of ether oxygens (including phenoxy) is 1. The Bertz CT molecular complexity index is 1300. The molecule has 2 aromatic heterocycles. The quantitative estimate of drug-likeness (QED) is 0.384. The van der Waals surface area contributed by atoms with E-state index < -0.39 is 11.9 Å². The predicted octanol–water partition coefficient (Wildman–Crippen LogP) is 5.28. The number of fused-ring (bicyclic) bond motifs is 3. The highest BCUT2D eigenvalue weighted by atomic mass is 79.9. The number of likely N-dealkylation sites (tertiary alicyclic amines) is 2. The number of hydrogen-bond donors (Lipinski definition) is 2. The van der Waals surface area contributed by atoms with Crippen LogP contribution in [-0.4, -0.2) is 81.1 Å². The SMILES string of the molecule is CN1CCC[C@H]1COc1nc2c(F)c(Br)c(Cl)cc2c2c1ccn2[C@H]1CCN(C(=O)O)[C@H](CCO)C1. The molecule has 8 nitrogen and oxygen atoms in total. The Kier molecular flexibility index (Phi) is 7.31. The van der Waals surface area contributed by atoms with Gasteiger partial charge in [0.15, 0.2) is 5.82 Å². The standard InChI is InChI=1S/C25H29BrClFN4O4/c1-30-7-2-3-16(30)13-36-24-17-5-9-31(14-4-8-32(25(34)35)15(11-14)6-10-33)23(17)18-12-19(27)20(26)21(28)22(18)29-24/h5,9,12,14-16,33H,2-4,6-8,10-11,13H2,1H3,(H,34,35)/t14-,15+,16-/m0/s1. The third kappa shape index (κ3) is 4.53. The molecule has 0 saturated carbocycles. The van der Waals surface area contributed by atoms with Gasteiger partial charge in [-0.25, -0.2) is 14.2 Å². The summed E-state index contributed by atoms with van der Waals surface area (Å²) in [6.07, 6.45) is 4.61. The molecular formula is C25H29BrClFN4O4. The lowest BCUT2D eigenvalue weighted by atomic mass is 9.95. The highest BCUT2D eigenvalue weighted by Gasteiger charge is 2.33. The maximum absolute atomic E-state index is 15.4. The number of nitrogens with zero attached hydrogens (tertiary/aromatic N) is 4. The van der Waals surface area contributed by atoms with Crippen LogP contribution < -0.4 is 4.74 Å². The maximum atomic E-state index is 15.4. The minimum atomic E-state index is -0.981. The average Bonchev–Trinajstić information content (AvgIpc) is 3.48. The molecule has 5 rings (SSSR count). The molecule has 1 aromatic carbocycles. The first-order valence-electron chi connectivity index (χ1n) is 12.2. The number of aliphatic hydroxyl groups is 1. The Morgan fingerprint density at radius 1 is 1.31 bits per heavy atom. The van der Waals surface area contributed by atoms with Gasteiger partial charge in [0.05, 0.1) is 20.4 Å². The second kappa shape index (κ2) is 10.3. The summed E-state index contributed by atoms with van der Waals surface area (Å²) < 4.78 is 23.8. The lowest BCUT2D eigenvalue weighted by molar-refractivity contribution is 0.0804. The Morgan fingerprint density at radius 3 is 2.81 bits per heavy atom. The number of carbonyl (C=O) groups is 1. The normalized spacial score (nSPS) is 23.1. The van der Waals surface area contributed by atoms with Crippen LogP contribution in [0.1, 0.15) is 38.1 Å². The van der Waals surface area contributed by atoms with E-state index in [4.69, 9.17) is 16.3 Å². The molecule has 1 amide bonds. The van der Waals surface area contributed by atoms with Crippen molar-refractivity contribution in [2.45, 2.75) is 50.2 Å². The van der Waals surface area contributed by atoms with Crippen LogP contribution in [0.3, 0.4) is 0 Å². The van der Waals surface area contributed by atoms with Crippen LogP contribution in [0.4, 0.5) is 9.18 Å². The second-order valence-corrected chi connectivity index (χ2v) is 10.9. The number of benzene rings is 1. The van der Waals surface area contributed by atoms with Crippen molar-refractivity contribution in [3.05, 3.63) is 33.6 Å². The van der Waals surface area contributed by atoms with Crippen LogP contribution in [-0.2, 0) is 0 Å². The lowest BCUT2D eigenvalue weighted by Gasteiger charge is -2.38. The summed E-state index contributed by atoms with van der Waals surface area (Å²) in [5, 5.41) is 20.7. The minimum Gasteiger partial charge on any atom is -0.476 e. The number of aliphatic hydroxyl groups excluding tert-OH is 1. The van der Waals surface area contributed by atoms with Gasteiger partial charge in [-0.05, 0) is 73.8 Å². The molecule has 11 heteroatoms. The van der Waals surface area contributed by atoms with Crippen molar-refractivity contribution < 1.29 is 24.1 Å². The summed E-state index contributed by atoms with van der Waals surface area (Å²) in [6.45, 7) is 1.74. The van der Waals surface area contributed by atoms with E-state index in [9.17, 15) is 15.0 Å². The Labute approximate surface area is 221 Å². The highest BCUT2D eigenvalue weighted by molar-refractivity contribution is 9.10. The summed E-state index contributed by atoms with van der Waals surface area (Å²) in [7, 11) is 2.08. The van der Waals surface area contributed by atoms with E-state index in [0.29, 0.717) is 43.7 Å². The summed E-state index contributed by atoms with van der Waals surface area (Å²) in [6, 6.07) is 3.57. The third-order valence-electron chi connectivity index (χ3n) is 7.62. The van der Waals surface area contributed by atoms with Gasteiger partial charge in [-0.15, -0.1) is 0 Å². The first-order chi connectivity index (χ1) is 17.3. The van der Waals surface area contributed by atoms with Crippen LogP contribution in [0.2, 0.25) is 5.02 Å². The Balaban J connectivity index is 1.60. The topological polar surface area (TPSA) is 91.1 Å². The van der Waals surface area contributed by atoms with E-state index in [0.717, 1.165) is 30.3 Å². The molecule has 2 aliphatic rings. The molecule has 2 fully saturated rings. The van der Waals surface area contributed by atoms with Gasteiger partial charge in [-0.1, -0.05) is 11.6 Å². The second-order valence-electron chi connectivity index (χ2n) is 9.69. The van der Waals surface area contributed by atoms with Crippen LogP contribution >= 0.6 is 27.5 Å². The number of aromatic nitrogens is 2. The minimum absolute atomic E-state index is 0.0421. The fourth-order valence-corrected chi connectivity index (χ4v) is 6.17. The smallest absolute Gasteiger partial charge is 0.407 e. The number of piperidine rings is 1. The van der Waals surface area contributed by atoms with Gasteiger partial charge in [-0.2, -0.15) is 0 Å². The Morgan fingerprint density at radius 2 is 2.11 bits per heavy atom. The zero-order chi connectivity index (χ0) is 25.6. The summed E-state index contributed by atoms with van der Waals surface area (Å²) in [5.74, 6) is -0.173. The maximum Gasteiger partial charge on any atom is 0.407 e. The number of halogens is 3. The van der Waals surface area contributed by atoms with Gasteiger partial charge in [0.2, 0.25) is 5.88 Å². The van der Waals surface area contributed by atoms with Gasteiger partial charge >= 0.3 is 6.09 Å². The predicted molar refractivity (Wildman–Crippen MR) is 140 cm³/mol. The van der Waals surface area contributed by atoms with Crippen molar-refractivity contribution in [2.75, 3.05) is 33.4 Å². The largest absolute Gasteiger partial charge is 0.476 e. The number of rotatable bonds is 6. The molecule has 0 spiro atoms. The van der Waals surface area contributed by atoms with Gasteiger partial charge in [0.1, 0.15) is 12.1 Å². The first-order valence-corrected chi connectivity index (χ1v) is 13.4. The highest BCUT2D eigenvalue weighted by Crippen LogP contribution is 2.41. The van der Waals surface area contributed by atoms with Crippen LogP contribution in [0.5, 0.6) is 5.88 Å². The molecule has 0 unspecified atom stereocenters. The molecule has 3 aromatic rings. The summed E-state index contributed by atoms with van der Waals surface area (Å²) in [5.41, 5.74) is 0.933. The van der Waals surface area contributed by atoms with Crippen LogP contribution in [0.15, 0.2) is 22.8 Å².